The van der Waals surface area contributed by atoms with Crippen molar-refractivity contribution in [3.63, 3.8) is 0 Å². The van der Waals surface area contributed by atoms with Crippen LogP contribution in [0, 0.1) is 6.92 Å². The van der Waals surface area contributed by atoms with Crippen LogP contribution in [0.4, 0.5) is 10.5 Å². The largest absolute Gasteiger partial charge is 0.335 e. The molecule has 1 saturated carbocycles. The Bertz CT molecular complexity index is 612. The highest BCUT2D eigenvalue weighted by atomic mass is 16.2. The van der Waals surface area contributed by atoms with Crippen molar-refractivity contribution >= 4 is 11.7 Å². The van der Waals surface area contributed by atoms with Crippen LogP contribution in [0.15, 0.2) is 24.3 Å². The molecule has 0 spiro atoms. The zero-order valence-corrected chi connectivity index (χ0v) is 16.1. The normalized spacial score (nSPS) is 32.0. The van der Waals surface area contributed by atoms with Crippen LogP contribution in [0.3, 0.4) is 0 Å². The molecule has 26 heavy (non-hydrogen) atoms. The molecule has 4 nitrogen and oxygen atoms in total. The number of benzene rings is 1. The minimum absolute atomic E-state index is 0.0419. The van der Waals surface area contributed by atoms with Gasteiger partial charge in [0.15, 0.2) is 0 Å². The van der Waals surface area contributed by atoms with Gasteiger partial charge in [0.1, 0.15) is 0 Å². The van der Waals surface area contributed by atoms with Crippen LogP contribution in [0.5, 0.6) is 0 Å². The number of fused-ring (bicyclic) bond motifs is 2. The Morgan fingerprint density at radius 1 is 0.962 bits per heavy atom. The Hall–Kier alpha value is -1.55. The number of nitrogens with one attached hydrogen (secondary N) is 3. The lowest BCUT2D eigenvalue weighted by atomic mass is 9.78. The molecule has 2 amide bonds. The van der Waals surface area contributed by atoms with E-state index in [9.17, 15) is 4.79 Å². The molecule has 1 aliphatic carbocycles. The van der Waals surface area contributed by atoms with Gasteiger partial charge >= 0.3 is 6.03 Å². The Balaban J connectivity index is 1.35. The van der Waals surface area contributed by atoms with Crippen LogP contribution in [0.1, 0.15) is 69.8 Å². The molecule has 3 fully saturated rings. The van der Waals surface area contributed by atoms with Crippen molar-refractivity contribution in [2.24, 2.45) is 0 Å². The quantitative estimate of drug-likeness (QED) is 0.763. The number of urea groups is 1. The Kier molecular flexibility index (Phi) is 5.49. The second kappa shape index (κ2) is 7.99. The van der Waals surface area contributed by atoms with Crippen molar-refractivity contribution in [3.8, 4) is 0 Å². The van der Waals surface area contributed by atoms with Crippen LogP contribution in [0.25, 0.3) is 0 Å². The SMILES string of the molecule is Cc1cccc(NC(=O)NC2C[C@H]3CCC[C@@H](C2)[NH+]3C2CCCCC2)c1. The van der Waals surface area contributed by atoms with Gasteiger partial charge in [-0.05, 0) is 69.6 Å². The summed E-state index contributed by atoms with van der Waals surface area (Å²) in [6.45, 7) is 2.05. The fourth-order valence-electron chi connectivity index (χ4n) is 5.86. The molecule has 2 saturated heterocycles. The minimum atomic E-state index is -0.0419. The second-order valence-electron chi connectivity index (χ2n) is 8.80. The maximum atomic E-state index is 12.5. The molecule has 2 unspecified atom stereocenters. The van der Waals surface area contributed by atoms with Gasteiger partial charge in [-0.2, -0.15) is 0 Å². The summed E-state index contributed by atoms with van der Waals surface area (Å²) in [6, 6.07) is 10.7. The molecule has 4 rings (SSSR count). The van der Waals surface area contributed by atoms with Gasteiger partial charge in [0.2, 0.25) is 0 Å². The van der Waals surface area contributed by atoms with E-state index in [1.54, 1.807) is 0 Å². The molecule has 1 aromatic rings. The summed E-state index contributed by atoms with van der Waals surface area (Å²) >= 11 is 0. The number of anilines is 1. The van der Waals surface area contributed by atoms with Crippen LogP contribution >= 0.6 is 0 Å². The first-order valence-corrected chi connectivity index (χ1v) is 10.7. The predicted octanol–water partition coefficient (Wildman–Crippen LogP) is 3.42. The number of hydrogen-bond acceptors (Lipinski definition) is 1. The van der Waals surface area contributed by atoms with E-state index < -0.39 is 0 Å². The van der Waals surface area contributed by atoms with E-state index >= 15 is 0 Å². The van der Waals surface area contributed by atoms with Crippen molar-refractivity contribution in [2.75, 3.05) is 5.32 Å². The maximum Gasteiger partial charge on any atom is 0.319 e. The van der Waals surface area contributed by atoms with E-state index in [0.717, 1.165) is 36.7 Å². The first-order chi connectivity index (χ1) is 12.7. The fourth-order valence-corrected chi connectivity index (χ4v) is 5.86. The average Bonchev–Trinajstić information content (AvgIpc) is 2.61. The van der Waals surface area contributed by atoms with Crippen molar-refractivity contribution in [3.05, 3.63) is 29.8 Å². The van der Waals surface area contributed by atoms with Crippen LogP contribution in [-0.2, 0) is 0 Å². The van der Waals surface area contributed by atoms with Crippen molar-refractivity contribution in [1.82, 2.24) is 5.32 Å². The molecule has 3 N–H and O–H groups in total. The van der Waals surface area contributed by atoms with Gasteiger partial charge in [-0.3, -0.25) is 0 Å². The Morgan fingerprint density at radius 2 is 1.65 bits per heavy atom. The highest BCUT2D eigenvalue weighted by molar-refractivity contribution is 5.89. The highest BCUT2D eigenvalue weighted by Gasteiger charge is 2.45. The molecule has 142 valence electrons. The smallest absolute Gasteiger partial charge is 0.319 e. The first kappa shape index (κ1) is 17.8. The van der Waals surface area contributed by atoms with Gasteiger partial charge in [-0.15, -0.1) is 0 Å². The lowest BCUT2D eigenvalue weighted by Crippen LogP contribution is -3.24. The number of rotatable bonds is 3. The summed E-state index contributed by atoms with van der Waals surface area (Å²) in [7, 11) is 0. The third-order valence-electron chi connectivity index (χ3n) is 6.87. The monoisotopic (exact) mass is 356 g/mol. The summed E-state index contributed by atoms with van der Waals surface area (Å²) in [5, 5.41) is 6.29. The third-order valence-corrected chi connectivity index (χ3v) is 6.87. The number of piperidine rings is 2. The number of carbonyl (C=O) groups excluding carboxylic acids is 1. The van der Waals surface area contributed by atoms with E-state index in [1.807, 2.05) is 36.1 Å². The van der Waals surface area contributed by atoms with Gasteiger partial charge in [-0.1, -0.05) is 18.6 Å². The maximum absolute atomic E-state index is 12.5. The zero-order chi connectivity index (χ0) is 17.9. The number of carbonyl (C=O) groups is 1. The number of aryl methyl sites for hydroxylation is 1. The number of quaternary nitrogens is 1. The molecule has 2 bridgehead atoms. The van der Waals surface area contributed by atoms with Crippen molar-refractivity contribution in [2.45, 2.75) is 95.3 Å². The molecule has 1 aromatic carbocycles. The Labute approximate surface area is 157 Å². The molecule has 0 radical (unpaired) electrons. The summed E-state index contributed by atoms with van der Waals surface area (Å²) in [6.07, 6.45) is 13.5. The summed E-state index contributed by atoms with van der Waals surface area (Å²) in [5.41, 5.74) is 2.05. The van der Waals surface area contributed by atoms with Crippen molar-refractivity contribution < 1.29 is 9.69 Å². The summed E-state index contributed by atoms with van der Waals surface area (Å²) < 4.78 is 0. The first-order valence-electron chi connectivity index (χ1n) is 10.7. The Morgan fingerprint density at radius 3 is 2.35 bits per heavy atom. The predicted molar refractivity (Wildman–Crippen MR) is 106 cm³/mol. The van der Waals surface area contributed by atoms with Gasteiger partial charge in [0.25, 0.3) is 0 Å². The summed E-state index contributed by atoms with van der Waals surface area (Å²) in [4.78, 5) is 14.4. The van der Waals surface area contributed by atoms with Gasteiger partial charge in [0.05, 0.1) is 18.1 Å². The standard InChI is InChI=1S/C22H33N3O/c1-16-7-5-8-17(13-16)23-22(26)24-18-14-20-11-6-12-21(15-18)25(20)19-9-3-2-4-10-19/h5,7-8,13,18-21H,2-4,6,9-12,14-15H2,1H3,(H2,23,24,26)/p+1/t18?,20-,21+. The molecule has 4 atom stereocenters. The van der Waals surface area contributed by atoms with Crippen LogP contribution < -0.4 is 15.5 Å². The van der Waals surface area contributed by atoms with E-state index in [1.165, 1.54) is 56.9 Å². The molecule has 3 aliphatic rings. The van der Waals surface area contributed by atoms with Crippen molar-refractivity contribution in [1.29, 1.82) is 0 Å². The fraction of sp³-hybridized carbons (Fsp3) is 0.682. The zero-order valence-electron chi connectivity index (χ0n) is 16.1. The number of hydrogen-bond donors (Lipinski definition) is 3. The van der Waals surface area contributed by atoms with E-state index in [-0.39, 0.29) is 6.03 Å². The van der Waals surface area contributed by atoms with E-state index in [4.69, 9.17) is 0 Å². The van der Waals surface area contributed by atoms with Crippen LogP contribution in [0.2, 0.25) is 0 Å². The summed E-state index contributed by atoms with van der Waals surface area (Å²) in [5.74, 6) is 0. The minimum Gasteiger partial charge on any atom is -0.335 e. The molecule has 0 aromatic heterocycles. The van der Waals surface area contributed by atoms with E-state index in [0.29, 0.717) is 6.04 Å². The van der Waals surface area contributed by atoms with Gasteiger partial charge in [-0.25, -0.2) is 4.79 Å². The molecular formula is C22H34N3O+. The number of amides is 2. The molecule has 4 heteroatoms. The molecule has 2 heterocycles. The molecular weight excluding hydrogens is 322 g/mol. The van der Waals surface area contributed by atoms with E-state index in [2.05, 4.69) is 10.6 Å². The third kappa shape index (κ3) is 4.06. The lowest BCUT2D eigenvalue weighted by Gasteiger charge is -2.50. The average molecular weight is 357 g/mol. The van der Waals surface area contributed by atoms with Gasteiger partial charge in [0, 0.05) is 24.6 Å². The van der Waals surface area contributed by atoms with Crippen LogP contribution in [-0.4, -0.2) is 30.2 Å². The lowest BCUT2D eigenvalue weighted by molar-refractivity contribution is -0.984. The second-order valence-corrected chi connectivity index (χ2v) is 8.80. The topological polar surface area (TPSA) is 45.6 Å². The highest BCUT2D eigenvalue weighted by Crippen LogP contribution is 2.26. The van der Waals surface area contributed by atoms with Gasteiger partial charge < -0.3 is 15.5 Å². The molecule has 2 aliphatic heterocycles.